The summed E-state index contributed by atoms with van der Waals surface area (Å²) in [4.78, 5) is 0. The van der Waals surface area contributed by atoms with E-state index >= 15 is 0 Å². The summed E-state index contributed by atoms with van der Waals surface area (Å²) in [7, 11) is 1.64. The number of aliphatic hydroxyl groups is 1. The molecule has 0 radical (unpaired) electrons. The molecule has 0 aliphatic carbocycles. The SMILES string of the molecule is COc1ccc(Cn2cc([C@H](C)O)nn2)cc1. The van der Waals surface area contributed by atoms with E-state index in [9.17, 15) is 5.11 Å². The number of nitrogens with zero attached hydrogens (tertiary/aromatic N) is 3. The van der Waals surface area contributed by atoms with Crippen LogP contribution in [0, 0.1) is 0 Å². The number of aliphatic hydroxyl groups excluding tert-OH is 1. The fourth-order valence-corrected chi connectivity index (χ4v) is 1.50. The molecule has 2 aromatic rings. The Morgan fingerprint density at radius 1 is 1.35 bits per heavy atom. The van der Waals surface area contributed by atoms with Crippen molar-refractivity contribution in [2.24, 2.45) is 0 Å². The fraction of sp³-hybridized carbons (Fsp3) is 0.333. The molecule has 1 heterocycles. The van der Waals surface area contributed by atoms with Crippen molar-refractivity contribution in [3.05, 3.63) is 41.7 Å². The van der Waals surface area contributed by atoms with Gasteiger partial charge in [-0.3, -0.25) is 0 Å². The number of hydrogen-bond donors (Lipinski definition) is 1. The van der Waals surface area contributed by atoms with Crippen molar-refractivity contribution in [2.75, 3.05) is 7.11 Å². The van der Waals surface area contributed by atoms with Crippen molar-refractivity contribution in [3.63, 3.8) is 0 Å². The van der Waals surface area contributed by atoms with Crippen LogP contribution in [0.25, 0.3) is 0 Å². The molecule has 17 heavy (non-hydrogen) atoms. The summed E-state index contributed by atoms with van der Waals surface area (Å²) in [5.74, 6) is 0.831. The van der Waals surface area contributed by atoms with Crippen molar-refractivity contribution in [2.45, 2.75) is 19.6 Å². The Labute approximate surface area is 99.7 Å². The Morgan fingerprint density at radius 3 is 2.59 bits per heavy atom. The average Bonchev–Trinajstić information content (AvgIpc) is 2.79. The van der Waals surface area contributed by atoms with E-state index in [0.29, 0.717) is 12.2 Å². The summed E-state index contributed by atoms with van der Waals surface area (Å²) in [6, 6.07) is 7.76. The minimum Gasteiger partial charge on any atom is -0.497 e. The highest BCUT2D eigenvalue weighted by molar-refractivity contribution is 5.27. The average molecular weight is 233 g/mol. The fourth-order valence-electron chi connectivity index (χ4n) is 1.50. The lowest BCUT2D eigenvalue weighted by Gasteiger charge is -2.03. The summed E-state index contributed by atoms with van der Waals surface area (Å²) < 4.78 is 6.79. The summed E-state index contributed by atoms with van der Waals surface area (Å²) in [6.07, 6.45) is 1.16. The predicted octanol–water partition coefficient (Wildman–Crippen LogP) is 1.39. The number of methoxy groups -OCH3 is 1. The zero-order valence-corrected chi connectivity index (χ0v) is 9.87. The lowest BCUT2D eigenvalue weighted by atomic mass is 10.2. The first-order valence-electron chi connectivity index (χ1n) is 5.40. The van der Waals surface area contributed by atoms with Gasteiger partial charge in [0.2, 0.25) is 0 Å². The molecule has 0 saturated carbocycles. The third-order valence-corrected chi connectivity index (χ3v) is 2.49. The summed E-state index contributed by atoms with van der Waals surface area (Å²) in [5.41, 5.74) is 1.69. The summed E-state index contributed by atoms with van der Waals surface area (Å²) >= 11 is 0. The first kappa shape index (κ1) is 11.6. The molecule has 0 amide bonds. The van der Waals surface area contributed by atoms with Crippen LogP contribution in [0.1, 0.15) is 24.3 Å². The topological polar surface area (TPSA) is 60.2 Å². The molecule has 2 rings (SSSR count). The highest BCUT2D eigenvalue weighted by Crippen LogP contribution is 2.13. The van der Waals surface area contributed by atoms with E-state index in [-0.39, 0.29) is 0 Å². The zero-order chi connectivity index (χ0) is 12.3. The molecule has 0 spiro atoms. The normalized spacial score (nSPS) is 12.4. The second kappa shape index (κ2) is 4.97. The van der Waals surface area contributed by atoms with E-state index in [1.807, 2.05) is 24.3 Å². The third-order valence-electron chi connectivity index (χ3n) is 2.49. The first-order chi connectivity index (χ1) is 8.19. The van der Waals surface area contributed by atoms with Crippen LogP contribution in [0.4, 0.5) is 0 Å². The molecule has 0 aliphatic heterocycles. The number of rotatable bonds is 4. The molecule has 0 fully saturated rings. The van der Waals surface area contributed by atoms with Crippen molar-refractivity contribution in [1.29, 1.82) is 0 Å². The molecule has 0 saturated heterocycles. The Morgan fingerprint density at radius 2 is 2.06 bits per heavy atom. The Hall–Kier alpha value is -1.88. The van der Waals surface area contributed by atoms with Crippen molar-refractivity contribution >= 4 is 0 Å². The number of benzene rings is 1. The van der Waals surface area contributed by atoms with Crippen molar-refractivity contribution in [1.82, 2.24) is 15.0 Å². The van der Waals surface area contributed by atoms with Gasteiger partial charge in [0.05, 0.1) is 26.0 Å². The zero-order valence-electron chi connectivity index (χ0n) is 9.87. The molecule has 1 atom stereocenters. The van der Waals surface area contributed by atoms with E-state index in [0.717, 1.165) is 11.3 Å². The lowest BCUT2D eigenvalue weighted by molar-refractivity contribution is 0.194. The smallest absolute Gasteiger partial charge is 0.118 e. The van der Waals surface area contributed by atoms with Crippen molar-refractivity contribution < 1.29 is 9.84 Å². The van der Waals surface area contributed by atoms with Gasteiger partial charge in [-0.1, -0.05) is 17.3 Å². The summed E-state index contributed by atoms with van der Waals surface area (Å²) in [5, 5.41) is 17.2. The van der Waals surface area contributed by atoms with Gasteiger partial charge < -0.3 is 9.84 Å². The van der Waals surface area contributed by atoms with Crippen LogP contribution < -0.4 is 4.74 Å². The van der Waals surface area contributed by atoms with Crippen molar-refractivity contribution in [3.8, 4) is 5.75 Å². The highest BCUT2D eigenvalue weighted by Gasteiger charge is 2.06. The quantitative estimate of drug-likeness (QED) is 0.866. The molecule has 0 unspecified atom stereocenters. The molecular formula is C12H15N3O2. The van der Waals surface area contributed by atoms with Gasteiger partial charge in [-0.05, 0) is 24.6 Å². The predicted molar refractivity (Wildman–Crippen MR) is 62.8 cm³/mol. The molecule has 5 nitrogen and oxygen atoms in total. The van der Waals surface area contributed by atoms with Crippen LogP contribution in [0.3, 0.4) is 0 Å². The molecule has 0 bridgehead atoms. The highest BCUT2D eigenvalue weighted by atomic mass is 16.5. The van der Waals surface area contributed by atoms with Gasteiger partial charge in [0.1, 0.15) is 11.4 Å². The van der Waals surface area contributed by atoms with E-state index in [1.165, 1.54) is 0 Å². The van der Waals surface area contributed by atoms with Gasteiger partial charge in [0, 0.05) is 0 Å². The molecular weight excluding hydrogens is 218 g/mol. The number of ether oxygens (including phenoxy) is 1. The van der Waals surface area contributed by atoms with Gasteiger partial charge in [-0.15, -0.1) is 5.10 Å². The maximum absolute atomic E-state index is 9.34. The molecule has 1 N–H and O–H groups in total. The van der Waals surface area contributed by atoms with E-state index < -0.39 is 6.10 Å². The van der Waals surface area contributed by atoms with E-state index in [2.05, 4.69) is 10.3 Å². The largest absolute Gasteiger partial charge is 0.497 e. The van der Waals surface area contributed by atoms with Crippen LogP contribution in [0.2, 0.25) is 0 Å². The lowest BCUT2D eigenvalue weighted by Crippen LogP contribution is -2.00. The standard InChI is InChI=1S/C12H15N3O2/c1-9(16)12-8-15(14-13-12)7-10-3-5-11(17-2)6-4-10/h3-6,8-9,16H,7H2,1-2H3/t9-/m0/s1. The van der Waals surface area contributed by atoms with Crippen LogP contribution >= 0.6 is 0 Å². The summed E-state index contributed by atoms with van der Waals surface area (Å²) in [6.45, 7) is 2.30. The van der Waals surface area contributed by atoms with Crippen LogP contribution in [-0.4, -0.2) is 27.2 Å². The molecule has 90 valence electrons. The van der Waals surface area contributed by atoms with Gasteiger partial charge in [-0.25, -0.2) is 4.68 Å². The van der Waals surface area contributed by atoms with Gasteiger partial charge in [-0.2, -0.15) is 0 Å². The van der Waals surface area contributed by atoms with E-state index in [4.69, 9.17) is 4.74 Å². The number of aromatic nitrogens is 3. The second-order valence-corrected chi connectivity index (χ2v) is 3.87. The Bertz CT molecular complexity index is 477. The van der Waals surface area contributed by atoms with Gasteiger partial charge >= 0.3 is 0 Å². The van der Waals surface area contributed by atoms with E-state index in [1.54, 1.807) is 24.9 Å². The molecule has 5 heteroatoms. The van der Waals surface area contributed by atoms with Gasteiger partial charge in [0.25, 0.3) is 0 Å². The minimum atomic E-state index is -0.584. The van der Waals surface area contributed by atoms with Gasteiger partial charge in [0.15, 0.2) is 0 Å². The maximum atomic E-state index is 9.34. The molecule has 1 aromatic heterocycles. The number of hydrogen-bond acceptors (Lipinski definition) is 4. The van der Waals surface area contributed by atoms with Crippen LogP contribution in [0.5, 0.6) is 5.75 Å². The molecule has 1 aromatic carbocycles. The third kappa shape index (κ3) is 2.82. The van der Waals surface area contributed by atoms with Crippen LogP contribution in [-0.2, 0) is 6.54 Å². The molecule has 0 aliphatic rings. The Kier molecular flexibility index (Phi) is 3.39. The van der Waals surface area contributed by atoms with Crippen LogP contribution in [0.15, 0.2) is 30.5 Å². The monoisotopic (exact) mass is 233 g/mol. The minimum absolute atomic E-state index is 0.582. The second-order valence-electron chi connectivity index (χ2n) is 3.87. The first-order valence-corrected chi connectivity index (χ1v) is 5.40. The maximum Gasteiger partial charge on any atom is 0.118 e. The Balaban J connectivity index is 2.08.